The summed E-state index contributed by atoms with van der Waals surface area (Å²) in [6.07, 6.45) is 3.41. The molecule has 0 spiro atoms. The second-order valence-electron chi connectivity index (χ2n) is 6.07. The summed E-state index contributed by atoms with van der Waals surface area (Å²) in [4.78, 5) is 26.8. The summed E-state index contributed by atoms with van der Waals surface area (Å²) in [6.45, 7) is 0. The van der Waals surface area contributed by atoms with E-state index in [1.807, 2.05) is 41.1 Å². The zero-order chi connectivity index (χ0) is 19.7. The fourth-order valence-electron chi connectivity index (χ4n) is 2.97. The highest BCUT2D eigenvalue weighted by molar-refractivity contribution is 7.80. The molecule has 2 heterocycles. The Hall–Kier alpha value is -3.22. The number of anilines is 1. The monoisotopic (exact) mass is 407 g/mol. The van der Waals surface area contributed by atoms with Crippen LogP contribution in [0.5, 0.6) is 0 Å². The van der Waals surface area contributed by atoms with E-state index in [0.717, 1.165) is 5.69 Å². The number of para-hydroxylation sites is 1. The third-order valence-corrected chi connectivity index (χ3v) is 4.83. The number of carbonyl (C=O) groups is 2. The molecule has 1 aliphatic rings. The lowest BCUT2D eigenvalue weighted by molar-refractivity contribution is -0.122. The van der Waals surface area contributed by atoms with Gasteiger partial charge in [-0.15, -0.1) is 0 Å². The summed E-state index contributed by atoms with van der Waals surface area (Å²) in [5.74, 6) is -0.991. The molecule has 2 amide bonds. The summed E-state index contributed by atoms with van der Waals surface area (Å²) in [6, 6.07) is 19.9. The number of benzene rings is 2. The third kappa shape index (κ3) is 3.35. The molecule has 1 aliphatic heterocycles. The van der Waals surface area contributed by atoms with E-state index >= 15 is 0 Å². The van der Waals surface area contributed by atoms with Gasteiger partial charge < -0.3 is 4.57 Å². The number of nitrogens with zero attached hydrogens (tertiary/aromatic N) is 2. The highest BCUT2D eigenvalue weighted by Gasteiger charge is 2.34. The molecule has 0 unspecified atom stereocenters. The van der Waals surface area contributed by atoms with Gasteiger partial charge >= 0.3 is 0 Å². The van der Waals surface area contributed by atoms with E-state index in [0.29, 0.717) is 16.4 Å². The minimum absolute atomic E-state index is 0.00589. The van der Waals surface area contributed by atoms with Gasteiger partial charge in [-0.1, -0.05) is 29.8 Å². The molecule has 1 aromatic heterocycles. The first-order chi connectivity index (χ1) is 13.5. The van der Waals surface area contributed by atoms with Crippen molar-refractivity contribution in [2.75, 3.05) is 4.90 Å². The Bertz CT molecular complexity index is 1100. The molecule has 3 aromatic rings. The lowest BCUT2D eigenvalue weighted by Gasteiger charge is -2.28. The van der Waals surface area contributed by atoms with Crippen LogP contribution in [0.2, 0.25) is 5.02 Å². The van der Waals surface area contributed by atoms with Crippen molar-refractivity contribution in [3.63, 3.8) is 0 Å². The van der Waals surface area contributed by atoms with Crippen LogP contribution in [0.25, 0.3) is 11.8 Å². The summed E-state index contributed by atoms with van der Waals surface area (Å²) in [7, 11) is 0. The van der Waals surface area contributed by atoms with Crippen LogP contribution in [0.4, 0.5) is 5.69 Å². The Balaban J connectivity index is 1.74. The van der Waals surface area contributed by atoms with Crippen molar-refractivity contribution in [2.24, 2.45) is 0 Å². The van der Waals surface area contributed by atoms with Crippen LogP contribution in [0.15, 0.2) is 78.5 Å². The maximum atomic E-state index is 13.0. The first kappa shape index (κ1) is 18.2. The number of aromatic nitrogens is 1. The number of halogens is 1. The van der Waals surface area contributed by atoms with Crippen molar-refractivity contribution in [1.29, 1.82) is 0 Å². The Labute approximate surface area is 171 Å². The summed E-state index contributed by atoms with van der Waals surface area (Å²) in [5.41, 5.74) is 2.14. The highest BCUT2D eigenvalue weighted by atomic mass is 35.5. The van der Waals surface area contributed by atoms with Gasteiger partial charge in [-0.3, -0.25) is 19.8 Å². The fourth-order valence-corrected chi connectivity index (χ4v) is 3.37. The quantitative estimate of drug-likeness (QED) is 0.406. The standard InChI is InChI=1S/C21H14ClN3O2S/c22-14-8-10-15(11-9-14)24-12-4-7-17(24)13-18-19(26)23-21(28)25(20(18)27)16-5-2-1-3-6-16/h1-13H,(H,23,26,28)/b18-13+. The molecule has 0 radical (unpaired) electrons. The number of nitrogens with one attached hydrogen (secondary N) is 1. The van der Waals surface area contributed by atoms with Gasteiger partial charge in [-0.25, -0.2) is 0 Å². The smallest absolute Gasteiger partial charge is 0.270 e. The zero-order valence-corrected chi connectivity index (χ0v) is 16.1. The van der Waals surface area contributed by atoms with Crippen molar-refractivity contribution in [3.05, 3.63) is 89.2 Å². The third-order valence-electron chi connectivity index (χ3n) is 4.29. The van der Waals surface area contributed by atoms with E-state index in [4.69, 9.17) is 23.8 Å². The molecule has 1 N–H and O–H groups in total. The van der Waals surface area contributed by atoms with Crippen molar-refractivity contribution >= 4 is 52.5 Å². The van der Waals surface area contributed by atoms with E-state index < -0.39 is 11.8 Å². The predicted molar refractivity (Wildman–Crippen MR) is 113 cm³/mol. The Kier molecular flexibility index (Phi) is 4.81. The van der Waals surface area contributed by atoms with E-state index in [1.165, 1.54) is 4.90 Å². The number of thiocarbonyl (C=S) groups is 1. The number of amides is 2. The first-order valence-electron chi connectivity index (χ1n) is 8.44. The molecule has 0 atom stereocenters. The van der Waals surface area contributed by atoms with E-state index in [2.05, 4.69) is 5.32 Å². The molecule has 28 heavy (non-hydrogen) atoms. The van der Waals surface area contributed by atoms with Crippen LogP contribution in [0.3, 0.4) is 0 Å². The molecule has 5 nitrogen and oxygen atoms in total. The first-order valence-corrected chi connectivity index (χ1v) is 9.23. The number of hydrogen-bond donors (Lipinski definition) is 1. The molecule has 1 saturated heterocycles. The molecular weight excluding hydrogens is 394 g/mol. The van der Waals surface area contributed by atoms with Crippen molar-refractivity contribution in [3.8, 4) is 5.69 Å². The van der Waals surface area contributed by atoms with Gasteiger partial charge in [-0.2, -0.15) is 0 Å². The molecule has 0 aliphatic carbocycles. The maximum Gasteiger partial charge on any atom is 0.270 e. The highest BCUT2D eigenvalue weighted by Crippen LogP contribution is 2.23. The molecule has 2 aromatic carbocycles. The number of carbonyl (C=O) groups excluding carboxylic acids is 2. The lowest BCUT2D eigenvalue weighted by atomic mass is 10.1. The van der Waals surface area contributed by atoms with Crippen molar-refractivity contribution in [2.45, 2.75) is 0 Å². The topological polar surface area (TPSA) is 54.3 Å². The second-order valence-corrected chi connectivity index (χ2v) is 6.90. The van der Waals surface area contributed by atoms with Crippen LogP contribution < -0.4 is 10.2 Å². The van der Waals surface area contributed by atoms with Gasteiger partial charge in [0.05, 0.1) is 5.69 Å². The molecule has 7 heteroatoms. The average molecular weight is 408 g/mol. The summed E-state index contributed by atoms with van der Waals surface area (Å²) >= 11 is 11.2. The maximum absolute atomic E-state index is 13.0. The SMILES string of the molecule is O=C1NC(=S)N(c2ccccc2)C(=O)/C1=C/c1cccn1-c1ccc(Cl)cc1. The Morgan fingerprint density at radius 3 is 2.32 bits per heavy atom. The van der Waals surface area contributed by atoms with Crippen LogP contribution in [0.1, 0.15) is 5.69 Å². The molecule has 138 valence electrons. The van der Waals surface area contributed by atoms with Gasteiger partial charge in [0, 0.05) is 22.6 Å². The second kappa shape index (κ2) is 7.42. The molecular formula is C21H14ClN3O2S. The van der Waals surface area contributed by atoms with Gasteiger partial charge in [0.15, 0.2) is 5.11 Å². The Morgan fingerprint density at radius 2 is 1.61 bits per heavy atom. The zero-order valence-electron chi connectivity index (χ0n) is 14.5. The normalized spacial score (nSPS) is 15.8. The van der Waals surface area contributed by atoms with Crippen LogP contribution in [-0.2, 0) is 9.59 Å². The number of hydrogen-bond acceptors (Lipinski definition) is 3. The van der Waals surface area contributed by atoms with Gasteiger partial charge in [0.2, 0.25) is 0 Å². The fraction of sp³-hybridized carbons (Fsp3) is 0. The lowest BCUT2D eigenvalue weighted by Crippen LogP contribution is -2.54. The van der Waals surface area contributed by atoms with Crippen molar-refractivity contribution < 1.29 is 9.59 Å². The summed E-state index contributed by atoms with van der Waals surface area (Å²) in [5, 5.41) is 3.28. The van der Waals surface area contributed by atoms with Crippen LogP contribution >= 0.6 is 23.8 Å². The van der Waals surface area contributed by atoms with Gasteiger partial charge in [-0.05, 0) is 66.8 Å². The van der Waals surface area contributed by atoms with E-state index in [9.17, 15) is 9.59 Å². The van der Waals surface area contributed by atoms with E-state index in [1.54, 1.807) is 42.5 Å². The van der Waals surface area contributed by atoms with Gasteiger partial charge in [0.1, 0.15) is 5.57 Å². The van der Waals surface area contributed by atoms with Crippen LogP contribution in [-0.4, -0.2) is 21.5 Å². The van der Waals surface area contributed by atoms with Crippen LogP contribution in [0, 0.1) is 0 Å². The largest absolute Gasteiger partial charge is 0.317 e. The Morgan fingerprint density at radius 1 is 0.893 bits per heavy atom. The van der Waals surface area contributed by atoms with E-state index in [-0.39, 0.29) is 10.7 Å². The van der Waals surface area contributed by atoms with Crippen molar-refractivity contribution in [1.82, 2.24) is 9.88 Å². The molecule has 4 rings (SSSR count). The predicted octanol–water partition coefficient (Wildman–Crippen LogP) is 3.96. The van der Waals surface area contributed by atoms with Gasteiger partial charge in [0.25, 0.3) is 11.8 Å². The summed E-state index contributed by atoms with van der Waals surface area (Å²) < 4.78 is 1.86. The molecule has 1 fully saturated rings. The molecule has 0 saturated carbocycles. The molecule has 0 bridgehead atoms. The average Bonchev–Trinajstić information content (AvgIpc) is 3.15. The minimum Gasteiger partial charge on any atom is -0.317 e. The minimum atomic E-state index is -0.522. The number of rotatable bonds is 3.